The zero-order chi connectivity index (χ0) is 24.1. The van der Waals surface area contributed by atoms with Gasteiger partial charge in [0.15, 0.2) is 0 Å². The third-order valence-corrected chi connectivity index (χ3v) is 5.47. The van der Waals surface area contributed by atoms with Gasteiger partial charge in [-0.2, -0.15) is 5.26 Å². The van der Waals surface area contributed by atoms with Crippen LogP contribution in [0.2, 0.25) is 0 Å². The summed E-state index contributed by atoms with van der Waals surface area (Å²) in [6.45, 7) is 2.80. The molecular weight excluding hydrogens is 426 g/mol. The molecule has 0 saturated heterocycles. The molecule has 0 unspecified atom stereocenters. The monoisotopic (exact) mass is 449 g/mol. The Morgan fingerprint density at radius 2 is 1.62 bits per heavy atom. The van der Waals surface area contributed by atoms with E-state index in [1.54, 1.807) is 18.3 Å². The van der Waals surface area contributed by atoms with Crippen molar-refractivity contribution in [2.45, 2.75) is 20.0 Å². The van der Waals surface area contributed by atoms with E-state index in [1.165, 1.54) is 10.5 Å². The van der Waals surface area contributed by atoms with Gasteiger partial charge in [-0.15, -0.1) is 0 Å². The molecule has 34 heavy (non-hydrogen) atoms. The lowest BCUT2D eigenvalue weighted by molar-refractivity contribution is -0.114. The van der Waals surface area contributed by atoms with Crippen molar-refractivity contribution < 1.29 is 4.79 Å². The van der Waals surface area contributed by atoms with Gasteiger partial charge in [0.2, 0.25) is 0 Å². The Morgan fingerprint density at radius 1 is 1.03 bits per heavy atom. The Morgan fingerprint density at radius 3 is 2.15 bits per heavy atom. The van der Waals surface area contributed by atoms with Gasteiger partial charge >= 0.3 is 0 Å². The zero-order valence-electron chi connectivity index (χ0n) is 18.7. The smallest absolute Gasteiger partial charge is 0.267 e. The van der Waals surface area contributed by atoms with Gasteiger partial charge in [0.1, 0.15) is 23.1 Å². The molecule has 168 valence electrons. The minimum atomic E-state index is -0.903. The van der Waals surface area contributed by atoms with Crippen molar-refractivity contribution in [1.82, 2.24) is 9.38 Å². The van der Waals surface area contributed by atoms with Crippen LogP contribution >= 0.6 is 0 Å². The summed E-state index contributed by atoms with van der Waals surface area (Å²) in [6.07, 6.45) is 2.86. The van der Waals surface area contributed by atoms with Crippen LogP contribution in [0.5, 0.6) is 0 Å². The van der Waals surface area contributed by atoms with Crippen molar-refractivity contribution in [3.8, 4) is 6.07 Å². The molecule has 0 aliphatic rings. The first-order valence-electron chi connectivity index (χ1n) is 10.7. The van der Waals surface area contributed by atoms with Gasteiger partial charge in [-0.05, 0) is 35.8 Å². The number of nitrogens with two attached hydrogens (primary N) is 1. The Bertz CT molecular complexity index is 1430. The van der Waals surface area contributed by atoms with E-state index < -0.39 is 5.91 Å². The predicted octanol–water partition coefficient (Wildman–Crippen LogP) is 3.60. The highest BCUT2D eigenvalue weighted by Gasteiger charge is 2.20. The molecule has 0 spiro atoms. The summed E-state index contributed by atoms with van der Waals surface area (Å²) in [5.41, 5.74) is 8.19. The van der Waals surface area contributed by atoms with Crippen LogP contribution in [-0.2, 0) is 17.9 Å². The van der Waals surface area contributed by atoms with Crippen molar-refractivity contribution in [2.24, 2.45) is 5.73 Å². The average Bonchev–Trinajstić information content (AvgIpc) is 2.84. The maximum atomic E-state index is 13.6. The number of carbonyl (C=O) groups is 1. The second-order valence-corrected chi connectivity index (χ2v) is 7.90. The van der Waals surface area contributed by atoms with Crippen molar-refractivity contribution in [3.05, 3.63) is 117 Å². The number of fused-ring (bicyclic) bond motifs is 1. The van der Waals surface area contributed by atoms with Gasteiger partial charge in [0.25, 0.3) is 11.5 Å². The SMILES string of the molecule is Cc1cccn2c(=O)c(/C=C(\C#N)C(N)=O)c(N(Cc3ccccc3)Cc3ccccc3)nc12. The van der Waals surface area contributed by atoms with Gasteiger partial charge in [0, 0.05) is 19.3 Å². The molecule has 0 bridgehead atoms. The predicted molar refractivity (Wildman–Crippen MR) is 132 cm³/mol. The maximum absolute atomic E-state index is 13.6. The van der Waals surface area contributed by atoms with Gasteiger partial charge < -0.3 is 10.6 Å². The molecule has 4 aromatic rings. The number of nitriles is 1. The highest BCUT2D eigenvalue weighted by molar-refractivity contribution is 6.01. The molecule has 0 atom stereocenters. The van der Waals surface area contributed by atoms with Crippen LogP contribution < -0.4 is 16.2 Å². The quantitative estimate of drug-likeness (QED) is 0.343. The Balaban J connectivity index is 1.99. The Labute approximate surface area is 197 Å². The lowest BCUT2D eigenvalue weighted by Crippen LogP contribution is -2.29. The van der Waals surface area contributed by atoms with Crippen LogP contribution in [0.3, 0.4) is 0 Å². The highest BCUT2D eigenvalue weighted by Crippen LogP contribution is 2.24. The molecule has 0 aliphatic carbocycles. The third kappa shape index (κ3) is 4.71. The van der Waals surface area contributed by atoms with Gasteiger partial charge in [-0.1, -0.05) is 66.7 Å². The minimum absolute atomic E-state index is 0.130. The summed E-state index contributed by atoms with van der Waals surface area (Å²) < 4.78 is 1.42. The van der Waals surface area contributed by atoms with Crippen molar-refractivity contribution in [1.29, 1.82) is 5.26 Å². The van der Waals surface area contributed by atoms with Crippen molar-refractivity contribution in [3.63, 3.8) is 0 Å². The van der Waals surface area contributed by atoms with Gasteiger partial charge in [-0.25, -0.2) is 4.98 Å². The fraction of sp³-hybridized carbons (Fsp3) is 0.111. The number of pyridine rings is 1. The van der Waals surface area contributed by atoms with E-state index in [0.717, 1.165) is 16.7 Å². The molecule has 1 amide bonds. The number of nitrogens with zero attached hydrogens (tertiary/aromatic N) is 4. The second kappa shape index (κ2) is 9.84. The van der Waals surface area contributed by atoms with Crippen LogP contribution in [0.4, 0.5) is 5.82 Å². The molecule has 0 aliphatic heterocycles. The summed E-state index contributed by atoms with van der Waals surface area (Å²) in [5, 5.41) is 9.44. The zero-order valence-corrected chi connectivity index (χ0v) is 18.7. The summed E-state index contributed by atoms with van der Waals surface area (Å²) in [7, 11) is 0. The van der Waals surface area contributed by atoms with E-state index in [2.05, 4.69) is 0 Å². The summed E-state index contributed by atoms with van der Waals surface area (Å²) >= 11 is 0. The van der Waals surface area contributed by atoms with Gasteiger partial charge in [-0.3, -0.25) is 14.0 Å². The number of primary amides is 1. The van der Waals surface area contributed by atoms with Gasteiger partial charge in [0.05, 0.1) is 5.56 Å². The fourth-order valence-corrected chi connectivity index (χ4v) is 3.78. The summed E-state index contributed by atoms with van der Waals surface area (Å²) in [6, 6.07) is 25.1. The number of hydrogen-bond acceptors (Lipinski definition) is 5. The molecule has 2 aromatic heterocycles. The first kappa shape index (κ1) is 22.5. The normalized spacial score (nSPS) is 11.2. The van der Waals surface area contributed by atoms with E-state index in [0.29, 0.717) is 24.6 Å². The fourth-order valence-electron chi connectivity index (χ4n) is 3.78. The molecule has 2 heterocycles. The molecule has 7 nitrogen and oxygen atoms in total. The maximum Gasteiger partial charge on any atom is 0.267 e. The molecule has 0 fully saturated rings. The highest BCUT2D eigenvalue weighted by atomic mass is 16.1. The Kier molecular flexibility index (Phi) is 6.51. The number of anilines is 1. The molecule has 4 rings (SSSR count). The summed E-state index contributed by atoms with van der Waals surface area (Å²) in [4.78, 5) is 32.2. The van der Waals surface area contributed by atoms with E-state index in [4.69, 9.17) is 10.7 Å². The first-order chi connectivity index (χ1) is 16.5. The molecule has 0 saturated carbocycles. The Hall–Kier alpha value is -4.70. The third-order valence-electron chi connectivity index (χ3n) is 5.47. The van der Waals surface area contributed by atoms with Crippen LogP contribution in [-0.4, -0.2) is 15.3 Å². The number of hydrogen-bond donors (Lipinski definition) is 1. The number of benzene rings is 2. The van der Waals surface area contributed by atoms with Crippen LogP contribution in [0, 0.1) is 18.3 Å². The van der Waals surface area contributed by atoms with Crippen molar-refractivity contribution >= 4 is 23.4 Å². The molecular formula is C27H23N5O2. The topological polar surface area (TPSA) is 104 Å². The van der Waals surface area contributed by atoms with E-state index >= 15 is 0 Å². The molecule has 7 heteroatoms. The largest absolute Gasteiger partial charge is 0.365 e. The number of carbonyl (C=O) groups excluding carboxylic acids is 1. The first-order valence-corrected chi connectivity index (χ1v) is 10.7. The molecule has 0 radical (unpaired) electrons. The number of amides is 1. The van der Waals surface area contributed by atoms with E-state index in [1.807, 2.05) is 78.6 Å². The number of aryl methyl sites for hydroxylation is 1. The van der Waals surface area contributed by atoms with Crippen LogP contribution in [0.25, 0.3) is 11.7 Å². The van der Waals surface area contributed by atoms with E-state index in [-0.39, 0.29) is 16.7 Å². The number of rotatable bonds is 7. The van der Waals surface area contributed by atoms with Crippen LogP contribution in [0.1, 0.15) is 22.3 Å². The molecule has 2 aromatic carbocycles. The second-order valence-electron chi connectivity index (χ2n) is 7.90. The lowest BCUT2D eigenvalue weighted by Gasteiger charge is -2.26. The lowest BCUT2D eigenvalue weighted by atomic mass is 10.1. The van der Waals surface area contributed by atoms with Crippen LogP contribution in [0.15, 0.2) is 89.4 Å². The summed E-state index contributed by atoms with van der Waals surface area (Å²) in [5.74, 6) is -0.527. The van der Waals surface area contributed by atoms with Crippen molar-refractivity contribution in [2.75, 3.05) is 4.90 Å². The number of aromatic nitrogens is 2. The average molecular weight is 450 g/mol. The van der Waals surface area contributed by atoms with E-state index in [9.17, 15) is 14.9 Å². The minimum Gasteiger partial charge on any atom is -0.365 e. The molecule has 2 N–H and O–H groups in total. The standard InChI is InChI=1S/C27H23N5O2/c1-19-9-8-14-32-25(19)30-26(23(27(32)34)15-22(16-28)24(29)33)31(17-20-10-4-2-5-11-20)18-21-12-6-3-7-13-21/h2-15H,17-18H2,1H3,(H2,29,33)/b22-15+.